The van der Waals surface area contributed by atoms with Gasteiger partial charge in [-0.15, -0.1) is 0 Å². The summed E-state index contributed by atoms with van der Waals surface area (Å²) in [6.07, 6.45) is 2.52. The third-order valence-corrected chi connectivity index (χ3v) is 3.52. The van der Waals surface area contributed by atoms with Crippen LogP contribution in [0, 0.1) is 5.92 Å². The van der Waals surface area contributed by atoms with Crippen LogP contribution in [0.1, 0.15) is 30.8 Å². The number of carbonyl (C=O) groups is 1. The van der Waals surface area contributed by atoms with Gasteiger partial charge in [-0.3, -0.25) is 4.79 Å². The molecule has 0 aliphatic rings. The van der Waals surface area contributed by atoms with E-state index in [1.807, 2.05) is 24.3 Å². The van der Waals surface area contributed by atoms with Crippen LogP contribution in [-0.2, 0) is 0 Å². The highest BCUT2D eigenvalue weighted by Crippen LogP contribution is 2.16. The quantitative estimate of drug-likeness (QED) is 0.820. The van der Waals surface area contributed by atoms with Gasteiger partial charge in [0.1, 0.15) is 5.69 Å². The third-order valence-electron chi connectivity index (χ3n) is 3.00. The van der Waals surface area contributed by atoms with E-state index >= 15 is 0 Å². The van der Waals surface area contributed by atoms with E-state index in [0.29, 0.717) is 24.1 Å². The Morgan fingerprint density at radius 3 is 2.64 bits per heavy atom. The van der Waals surface area contributed by atoms with Crippen LogP contribution in [0.25, 0.3) is 0 Å². The minimum atomic E-state index is -0.179. The number of nitrogens with zero attached hydrogens (tertiary/aromatic N) is 2. The Morgan fingerprint density at radius 2 is 1.95 bits per heavy atom. The summed E-state index contributed by atoms with van der Waals surface area (Å²) in [5, 5.41) is 5.94. The fraction of sp³-hybridized carbons (Fsp3) is 0.312. The van der Waals surface area contributed by atoms with Crippen molar-refractivity contribution in [2.75, 3.05) is 11.9 Å². The first-order valence-electron chi connectivity index (χ1n) is 7.18. The second-order valence-electron chi connectivity index (χ2n) is 5.34. The van der Waals surface area contributed by atoms with E-state index in [2.05, 4.69) is 50.4 Å². The summed E-state index contributed by atoms with van der Waals surface area (Å²) in [7, 11) is 0. The number of nitrogens with one attached hydrogen (secondary N) is 2. The zero-order valence-corrected chi connectivity index (χ0v) is 14.2. The van der Waals surface area contributed by atoms with Gasteiger partial charge in [0.15, 0.2) is 0 Å². The lowest BCUT2D eigenvalue weighted by atomic mass is 10.1. The molecule has 0 aliphatic heterocycles. The molecule has 0 atom stereocenters. The smallest absolute Gasteiger partial charge is 0.270 e. The van der Waals surface area contributed by atoms with Gasteiger partial charge in [0.05, 0.1) is 0 Å². The van der Waals surface area contributed by atoms with Crippen LogP contribution in [-0.4, -0.2) is 22.4 Å². The molecule has 0 saturated carbocycles. The molecule has 1 aromatic carbocycles. The molecule has 0 unspecified atom stereocenters. The van der Waals surface area contributed by atoms with E-state index < -0.39 is 0 Å². The number of hydrogen-bond acceptors (Lipinski definition) is 4. The van der Waals surface area contributed by atoms with Crippen molar-refractivity contribution < 1.29 is 4.79 Å². The van der Waals surface area contributed by atoms with Crippen molar-refractivity contribution in [1.29, 1.82) is 0 Å². The zero-order valence-electron chi connectivity index (χ0n) is 12.6. The molecular weight excluding hydrogens is 344 g/mol. The molecule has 0 spiro atoms. The molecule has 0 radical (unpaired) electrons. The van der Waals surface area contributed by atoms with Crippen LogP contribution >= 0.6 is 15.9 Å². The van der Waals surface area contributed by atoms with Gasteiger partial charge in [-0.25, -0.2) is 9.97 Å². The molecule has 22 heavy (non-hydrogen) atoms. The summed E-state index contributed by atoms with van der Waals surface area (Å²) in [5.41, 5.74) is 1.22. The second kappa shape index (κ2) is 7.89. The highest BCUT2D eigenvalue weighted by atomic mass is 79.9. The Hall–Kier alpha value is -1.95. The van der Waals surface area contributed by atoms with Gasteiger partial charge in [-0.05, 0) is 42.7 Å². The molecule has 2 N–H and O–H groups in total. The molecule has 0 fully saturated rings. The second-order valence-corrected chi connectivity index (χ2v) is 6.25. The molecule has 1 aromatic heterocycles. The van der Waals surface area contributed by atoms with Gasteiger partial charge in [-0.1, -0.05) is 29.8 Å². The average Bonchev–Trinajstić information content (AvgIpc) is 2.49. The lowest BCUT2D eigenvalue weighted by Crippen LogP contribution is -2.26. The highest BCUT2D eigenvalue weighted by Gasteiger charge is 2.08. The Labute approximate surface area is 138 Å². The predicted octanol–water partition coefficient (Wildman–Crippen LogP) is 3.76. The van der Waals surface area contributed by atoms with Gasteiger partial charge < -0.3 is 10.6 Å². The molecule has 5 nitrogen and oxygen atoms in total. The summed E-state index contributed by atoms with van der Waals surface area (Å²) in [6, 6.07) is 9.26. The van der Waals surface area contributed by atoms with Crippen molar-refractivity contribution >= 4 is 33.5 Å². The van der Waals surface area contributed by atoms with Crippen LogP contribution in [0.4, 0.5) is 11.6 Å². The number of rotatable bonds is 6. The topological polar surface area (TPSA) is 66.9 Å². The fourth-order valence-corrected chi connectivity index (χ4v) is 2.04. The zero-order chi connectivity index (χ0) is 15.9. The van der Waals surface area contributed by atoms with Gasteiger partial charge in [-0.2, -0.15) is 0 Å². The first kappa shape index (κ1) is 16.4. The van der Waals surface area contributed by atoms with Gasteiger partial charge in [0.2, 0.25) is 5.95 Å². The summed E-state index contributed by atoms with van der Waals surface area (Å²) < 4.78 is 0.997. The van der Waals surface area contributed by atoms with Crippen LogP contribution in [0.5, 0.6) is 0 Å². The molecule has 6 heteroatoms. The minimum absolute atomic E-state index is 0.179. The van der Waals surface area contributed by atoms with Crippen LogP contribution < -0.4 is 10.6 Å². The Bertz CT molecular complexity index is 628. The highest BCUT2D eigenvalue weighted by molar-refractivity contribution is 9.10. The molecule has 0 saturated heterocycles. The number of benzene rings is 1. The fourth-order valence-electron chi connectivity index (χ4n) is 1.77. The number of anilines is 2. The average molecular weight is 363 g/mol. The molecule has 2 aromatic rings. The summed E-state index contributed by atoms with van der Waals surface area (Å²) in [6.45, 7) is 4.89. The predicted molar refractivity (Wildman–Crippen MR) is 91.2 cm³/mol. The molecular formula is C16H19BrN4O. The third kappa shape index (κ3) is 5.11. The van der Waals surface area contributed by atoms with E-state index in [1.165, 1.54) is 0 Å². The number of hydrogen-bond donors (Lipinski definition) is 2. The molecule has 0 aliphatic carbocycles. The molecule has 2 rings (SSSR count). The lowest BCUT2D eigenvalue weighted by Gasteiger charge is -2.08. The van der Waals surface area contributed by atoms with E-state index in [9.17, 15) is 4.79 Å². The van der Waals surface area contributed by atoms with E-state index in [4.69, 9.17) is 0 Å². The number of halogens is 1. The van der Waals surface area contributed by atoms with Crippen molar-refractivity contribution in [3.63, 3.8) is 0 Å². The van der Waals surface area contributed by atoms with E-state index in [-0.39, 0.29) is 5.91 Å². The van der Waals surface area contributed by atoms with Gasteiger partial charge in [0, 0.05) is 22.9 Å². The number of amides is 1. The summed E-state index contributed by atoms with van der Waals surface area (Å²) in [4.78, 5) is 20.4. The first-order chi connectivity index (χ1) is 10.5. The molecule has 0 bridgehead atoms. The maximum absolute atomic E-state index is 12.0. The Balaban J connectivity index is 2.00. The largest absolute Gasteiger partial charge is 0.351 e. The lowest BCUT2D eigenvalue weighted by molar-refractivity contribution is 0.0947. The maximum Gasteiger partial charge on any atom is 0.270 e. The van der Waals surface area contributed by atoms with Crippen molar-refractivity contribution in [2.45, 2.75) is 20.3 Å². The van der Waals surface area contributed by atoms with Crippen molar-refractivity contribution in [1.82, 2.24) is 15.3 Å². The van der Waals surface area contributed by atoms with Crippen molar-refractivity contribution in [2.24, 2.45) is 5.92 Å². The summed E-state index contributed by atoms with van der Waals surface area (Å²) in [5.74, 6) is 0.779. The number of aromatic nitrogens is 2. The van der Waals surface area contributed by atoms with Crippen molar-refractivity contribution in [3.05, 3.63) is 46.7 Å². The monoisotopic (exact) mass is 362 g/mol. The van der Waals surface area contributed by atoms with E-state index in [0.717, 1.165) is 16.6 Å². The standard InChI is InChI=1S/C16H19BrN4O/c1-11(2)7-9-18-15(22)14-8-10-19-16(21-14)20-13-5-3-12(17)4-6-13/h3-6,8,10-11H,7,9H2,1-2H3,(H,18,22)(H,19,20,21). The SMILES string of the molecule is CC(C)CCNC(=O)c1ccnc(Nc2ccc(Br)cc2)n1. The van der Waals surface area contributed by atoms with Crippen molar-refractivity contribution in [3.8, 4) is 0 Å². The molecule has 1 heterocycles. The van der Waals surface area contributed by atoms with Crippen LogP contribution in [0.15, 0.2) is 41.0 Å². The maximum atomic E-state index is 12.0. The molecule has 1 amide bonds. The van der Waals surface area contributed by atoms with Gasteiger partial charge >= 0.3 is 0 Å². The summed E-state index contributed by atoms with van der Waals surface area (Å²) >= 11 is 3.38. The van der Waals surface area contributed by atoms with Crippen LogP contribution in [0.3, 0.4) is 0 Å². The Kier molecular flexibility index (Phi) is 5.89. The first-order valence-corrected chi connectivity index (χ1v) is 7.98. The Morgan fingerprint density at radius 1 is 1.23 bits per heavy atom. The van der Waals surface area contributed by atoms with E-state index in [1.54, 1.807) is 12.3 Å². The van der Waals surface area contributed by atoms with Gasteiger partial charge in [0.25, 0.3) is 5.91 Å². The number of carbonyl (C=O) groups excluding carboxylic acids is 1. The molecule has 116 valence electrons. The normalized spacial score (nSPS) is 10.5. The minimum Gasteiger partial charge on any atom is -0.351 e. The van der Waals surface area contributed by atoms with Crippen LogP contribution in [0.2, 0.25) is 0 Å².